The van der Waals surface area contributed by atoms with Gasteiger partial charge in [-0.05, 0) is 30.2 Å². The average molecular weight is 242 g/mol. The van der Waals surface area contributed by atoms with Gasteiger partial charge >= 0.3 is 0 Å². The van der Waals surface area contributed by atoms with Crippen molar-refractivity contribution in [2.75, 3.05) is 5.32 Å². The molecule has 2 aromatic rings. The van der Waals surface area contributed by atoms with Crippen LogP contribution >= 0.6 is 0 Å². The van der Waals surface area contributed by atoms with Crippen molar-refractivity contribution in [2.24, 2.45) is 0 Å². The van der Waals surface area contributed by atoms with Gasteiger partial charge in [0.1, 0.15) is 0 Å². The summed E-state index contributed by atoms with van der Waals surface area (Å²) in [7, 11) is 0. The standard InChI is InChI=1S/C14H14N2O2/c1-2-10-4-3-5-12(8-10)16-14(18)11-6-7-15-13(17)9-11/h3-9H,2H2,1H3,(H,15,17)(H,16,18). The fraction of sp³-hybridized carbons (Fsp3) is 0.143. The number of nitrogens with one attached hydrogen (secondary N) is 2. The number of benzene rings is 1. The van der Waals surface area contributed by atoms with Gasteiger partial charge in [0, 0.05) is 23.5 Å². The van der Waals surface area contributed by atoms with Crippen LogP contribution < -0.4 is 10.9 Å². The Hall–Kier alpha value is -2.36. The zero-order chi connectivity index (χ0) is 13.0. The van der Waals surface area contributed by atoms with Crippen LogP contribution in [0.2, 0.25) is 0 Å². The summed E-state index contributed by atoms with van der Waals surface area (Å²) in [4.78, 5) is 25.5. The van der Waals surface area contributed by atoms with Crippen LogP contribution in [0.5, 0.6) is 0 Å². The summed E-state index contributed by atoms with van der Waals surface area (Å²) >= 11 is 0. The number of H-pyrrole nitrogens is 1. The molecular weight excluding hydrogens is 228 g/mol. The minimum absolute atomic E-state index is 0.283. The predicted molar refractivity (Wildman–Crippen MR) is 70.8 cm³/mol. The molecule has 4 heteroatoms. The molecule has 2 rings (SSSR count). The maximum atomic E-state index is 11.9. The Morgan fingerprint density at radius 1 is 1.28 bits per heavy atom. The van der Waals surface area contributed by atoms with Crippen molar-refractivity contribution < 1.29 is 4.79 Å². The molecule has 0 aliphatic rings. The lowest BCUT2D eigenvalue weighted by atomic mass is 10.1. The van der Waals surface area contributed by atoms with Crippen molar-refractivity contribution in [2.45, 2.75) is 13.3 Å². The van der Waals surface area contributed by atoms with Crippen LogP contribution in [0.25, 0.3) is 0 Å². The van der Waals surface area contributed by atoms with E-state index >= 15 is 0 Å². The minimum Gasteiger partial charge on any atom is -0.329 e. The molecular formula is C14H14N2O2. The molecule has 0 radical (unpaired) electrons. The Balaban J connectivity index is 2.18. The molecule has 1 aromatic heterocycles. The highest BCUT2D eigenvalue weighted by Crippen LogP contribution is 2.12. The highest BCUT2D eigenvalue weighted by Gasteiger charge is 2.06. The summed E-state index contributed by atoms with van der Waals surface area (Å²) < 4.78 is 0. The Morgan fingerprint density at radius 3 is 2.83 bits per heavy atom. The first-order valence-corrected chi connectivity index (χ1v) is 5.78. The monoisotopic (exact) mass is 242 g/mol. The van der Waals surface area contributed by atoms with Gasteiger partial charge in [0.15, 0.2) is 0 Å². The summed E-state index contributed by atoms with van der Waals surface area (Å²) in [5.41, 5.74) is 1.95. The highest BCUT2D eigenvalue weighted by molar-refractivity contribution is 6.04. The second kappa shape index (κ2) is 5.31. The summed E-state index contributed by atoms with van der Waals surface area (Å²) in [6.07, 6.45) is 2.37. The predicted octanol–water partition coefficient (Wildman–Crippen LogP) is 2.19. The number of anilines is 1. The molecule has 1 aromatic carbocycles. The third-order valence-corrected chi connectivity index (χ3v) is 2.63. The third kappa shape index (κ3) is 2.85. The van der Waals surface area contributed by atoms with Crippen molar-refractivity contribution in [3.05, 3.63) is 64.1 Å². The number of carbonyl (C=O) groups excluding carboxylic acids is 1. The zero-order valence-corrected chi connectivity index (χ0v) is 10.1. The quantitative estimate of drug-likeness (QED) is 0.866. The minimum atomic E-state index is -0.287. The van der Waals surface area contributed by atoms with Gasteiger partial charge in [-0.2, -0.15) is 0 Å². The number of aromatic amines is 1. The topological polar surface area (TPSA) is 62.0 Å². The molecule has 0 spiro atoms. The van der Waals surface area contributed by atoms with E-state index < -0.39 is 0 Å². The van der Waals surface area contributed by atoms with Crippen molar-refractivity contribution >= 4 is 11.6 Å². The number of aromatic nitrogens is 1. The van der Waals surface area contributed by atoms with Crippen molar-refractivity contribution in [3.63, 3.8) is 0 Å². The van der Waals surface area contributed by atoms with E-state index in [-0.39, 0.29) is 11.5 Å². The van der Waals surface area contributed by atoms with Gasteiger partial charge in [-0.15, -0.1) is 0 Å². The van der Waals surface area contributed by atoms with Crippen molar-refractivity contribution in [3.8, 4) is 0 Å². The van der Waals surface area contributed by atoms with Crippen LogP contribution in [-0.2, 0) is 6.42 Å². The number of aryl methyl sites for hydroxylation is 1. The molecule has 2 N–H and O–H groups in total. The summed E-state index contributed by atoms with van der Waals surface area (Å²) in [5, 5.41) is 2.77. The van der Waals surface area contributed by atoms with Crippen molar-refractivity contribution in [1.29, 1.82) is 0 Å². The first kappa shape index (κ1) is 12.1. The molecule has 92 valence electrons. The van der Waals surface area contributed by atoms with E-state index in [9.17, 15) is 9.59 Å². The lowest BCUT2D eigenvalue weighted by Gasteiger charge is -2.06. The SMILES string of the molecule is CCc1cccc(NC(=O)c2cc[nH]c(=O)c2)c1. The number of amides is 1. The molecule has 0 fully saturated rings. The molecule has 0 saturated carbocycles. The molecule has 0 aliphatic heterocycles. The van der Waals surface area contributed by atoms with E-state index in [1.807, 2.05) is 24.3 Å². The van der Waals surface area contributed by atoms with Crippen LogP contribution in [0.3, 0.4) is 0 Å². The molecule has 0 atom stereocenters. The van der Waals surface area contributed by atoms with Gasteiger partial charge in [0.2, 0.25) is 5.56 Å². The molecule has 0 bridgehead atoms. The second-order valence-corrected chi connectivity index (χ2v) is 3.95. The molecule has 0 saturated heterocycles. The molecule has 1 amide bonds. The van der Waals surface area contributed by atoms with E-state index in [1.54, 1.807) is 6.07 Å². The van der Waals surface area contributed by atoms with Crippen LogP contribution in [0, 0.1) is 0 Å². The second-order valence-electron chi connectivity index (χ2n) is 3.95. The Labute approximate surface area is 105 Å². The summed E-state index contributed by atoms with van der Waals surface area (Å²) in [6.45, 7) is 2.05. The van der Waals surface area contributed by atoms with Gasteiger partial charge in [0.25, 0.3) is 5.91 Å². The van der Waals surface area contributed by atoms with Crippen molar-refractivity contribution in [1.82, 2.24) is 4.98 Å². The molecule has 0 aliphatic carbocycles. The largest absolute Gasteiger partial charge is 0.329 e. The highest BCUT2D eigenvalue weighted by atomic mass is 16.2. The maximum Gasteiger partial charge on any atom is 0.255 e. The Bertz CT molecular complexity index is 617. The summed E-state index contributed by atoms with van der Waals surface area (Å²) in [5.74, 6) is -0.283. The van der Waals surface area contributed by atoms with Crippen LogP contribution in [0.4, 0.5) is 5.69 Å². The number of pyridine rings is 1. The molecule has 18 heavy (non-hydrogen) atoms. The van der Waals surface area contributed by atoms with Crippen LogP contribution in [-0.4, -0.2) is 10.9 Å². The van der Waals surface area contributed by atoms with Gasteiger partial charge in [-0.25, -0.2) is 0 Å². The summed E-state index contributed by atoms with van der Waals surface area (Å²) in [6, 6.07) is 10.5. The zero-order valence-electron chi connectivity index (χ0n) is 10.1. The van der Waals surface area contributed by atoms with E-state index in [2.05, 4.69) is 17.2 Å². The average Bonchev–Trinajstić information content (AvgIpc) is 2.39. The lowest BCUT2D eigenvalue weighted by Crippen LogP contribution is -2.15. The normalized spacial score (nSPS) is 10.1. The number of hydrogen-bond acceptors (Lipinski definition) is 2. The maximum absolute atomic E-state index is 11.9. The smallest absolute Gasteiger partial charge is 0.255 e. The fourth-order valence-electron chi connectivity index (χ4n) is 1.66. The number of carbonyl (C=O) groups is 1. The van der Waals surface area contributed by atoms with E-state index in [0.717, 1.165) is 17.7 Å². The number of rotatable bonds is 3. The Morgan fingerprint density at radius 2 is 2.11 bits per heavy atom. The van der Waals surface area contributed by atoms with Gasteiger partial charge in [-0.3, -0.25) is 9.59 Å². The van der Waals surface area contributed by atoms with Crippen LogP contribution in [0.1, 0.15) is 22.8 Å². The van der Waals surface area contributed by atoms with Gasteiger partial charge < -0.3 is 10.3 Å². The lowest BCUT2D eigenvalue weighted by molar-refractivity contribution is 0.102. The molecule has 1 heterocycles. The fourth-order valence-corrected chi connectivity index (χ4v) is 1.66. The van der Waals surface area contributed by atoms with Gasteiger partial charge in [-0.1, -0.05) is 19.1 Å². The molecule has 0 unspecified atom stereocenters. The van der Waals surface area contributed by atoms with Crippen LogP contribution in [0.15, 0.2) is 47.4 Å². The van der Waals surface area contributed by atoms with Gasteiger partial charge in [0.05, 0.1) is 0 Å². The number of hydrogen-bond donors (Lipinski definition) is 2. The van der Waals surface area contributed by atoms with E-state index in [0.29, 0.717) is 5.56 Å². The Kier molecular flexibility index (Phi) is 3.57. The van der Waals surface area contributed by atoms with E-state index in [1.165, 1.54) is 12.3 Å². The first-order valence-electron chi connectivity index (χ1n) is 5.78. The molecule has 4 nitrogen and oxygen atoms in total. The first-order chi connectivity index (χ1) is 8.69. The third-order valence-electron chi connectivity index (χ3n) is 2.63. The van der Waals surface area contributed by atoms with E-state index in [4.69, 9.17) is 0 Å².